The Hall–Kier alpha value is -1.27. The van der Waals surface area contributed by atoms with Crippen molar-refractivity contribution in [3.8, 4) is 11.1 Å². The molecule has 0 aliphatic heterocycles. The summed E-state index contributed by atoms with van der Waals surface area (Å²) in [5, 5.41) is 0.950. The molecule has 0 N–H and O–H groups in total. The molecule has 0 heterocycles. The molecule has 2 aromatic rings. The first-order chi connectivity index (χ1) is 11.8. The van der Waals surface area contributed by atoms with Crippen LogP contribution in [0.1, 0.15) is 56.1 Å². The van der Waals surface area contributed by atoms with Crippen LogP contribution in [-0.4, -0.2) is 0 Å². The van der Waals surface area contributed by atoms with Gasteiger partial charge in [0.05, 0.1) is 0 Å². The molecular weight excluding hydrogens is 312 g/mol. The Morgan fingerprint density at radius 1 is 0.917 bits per heavy atom. The highest BCUT2D eigenvalue weighted by atomic mass is 35.5. The third kappa shape index (κ3) is 1.37. The predicted octanol–water partition coefficient (Wildman–Crippen LogP) is 6.60. The van der Waals surface area contributed by atoms with Gasteiger partial charge in [-0.2, -0.15) is 0 Å². The van der Waals surface area contributed by atoms with Crippen molar-refractivity contribution in [1.29, 1.82) is 0 Å². The molecule has 24 heavy (non-hydrogen) atoms. The van der Waals surface area contributed by atoms with E-state index < -0.39 is 0 Å². The van der Waals surface area contributed by atoms with Gasteiger partial charge >= 0.3 is 0 Å². The number of benzene rings is 2. The highest BCUT2D eigenvalue weighted by Crippen LogP contribution is 2.75. The van der Waals surface area contributed by atoms with Gasteiger partial charge in [-0.25, -0.2) is 0 Å². The molecule has 4 aliphatic carbocycles. The van der Waals surface area contributed by atoms with Crippen LogP contribution in [0, 0.1) is 17.3 Å². The van der Waals surface area contributed by atoms with Gasteiger partial charge in [0, 0.05) is 16.0 Å². The van der Waals surface area contributed by atoms with Crippen LogP contribution in [-0.2, 0) is 5.41 Å². The molecule has 4 aliphatic rings. The van der Waals surface area contributed by atoms with Gasteiger partial charge in [-0.05, 0) is 72.1 Å². The van der Waals surface area contributed by atoms with Gasteiger partial charge in [0.2, 0.25) is 0 Å². The summed E-state index contributed by atoms with van der Waals surface area (Å²) in [6, 6.07) is 15.9. The second-order valence-corrected chi connectivity index (χ2v) is 9.14. The van der Waals surface area contributed by atoms with E-state index in [-0.39, 0.29) is 5.41 Å². The minimum absolute atomic E-state index is 0.251. The van der Waals surface area contributed by atoms with Crippen LogP contribution in [0.3, 0.4) is 0 Å². The summed E-state index contributed by atoms with van der Waals surface area (Å²) >= 11 is 6.75. The molecule has 0 aromatic heterocycles. The molecule has 2 spiro atoms. The van der Waals surface area contributed by atoms with E-state index in [1.165, 1.54) is 56.1 Å². The highest BCUT2D eigenvalue weighted by molar-refractivity contribution is 6.33. The summed E-state index contributed by atoms with van der Waals surface area (Å²) in [6.45, 7) is 0. The number of hydrogen-bond donors (Lipinski definition) is 0. The molecule has 1 heteroatoms. The Labute approximate surface area is 149 Å². The van der Waals surface area contributed by atoms with Gasteiger partial charge in [-0.1, -0.05) is 60.8 Å². The molecule has 3 bridgehead atoms. The molecule has 3 saturated carbocycles. The van der Waals surface area contributed by atoms with E-state index in [0.717, 1.165) is 16.9 Å². The zero-order valence-electron chi connectivity index (χ0n) is 14.0. The van der Waals surface area contributed by atoms with Crippen LogP contribution < -0.4 is 0 Å². The molecular formula is C23H23Cl. The van der Waals surface area contributed by atoms with Gasteiger partial charge in [0.25, 0.3) is 0 Å². The first-order valence-electron chi connectivity index (χ1n) is 9.65. The molecule has 2 aromatic carbocycles. The van der Waals surface area contributed by atoms with E-state index in [4.69, 9.17) is 11.6 Å². The average molecular weight is 335 g/mol. The fourth-order valence-electron chi connectivity index (χ4n) is 7.59. The second-order valence-electron chi connectivity index (χ2n) is 8.73. The molecule has 6 rings (SSSR count). The summed E-state index contributed by atoms with van der Waals surface area (Å²) in [4.78, 5) is 0. The van der Waals surface area contributed by atoms with E-state index in [0.29, 0.717) is 5.41 Å². The van der Waals surface area contributed by atoms with E-state index in [1.54, 1.807) is 11.1 Å². The van der Waals surface area contributed by atoms with Crippen LogP contribution >= 0.6 is 11.6 Å². The smallest absolute Gasteiger partial charge is 0.0487 e. The Balaban J connectivity index is 1.74. The maximum atomic E-state index is 6.75. The van der Waals surface area contributed by atoms with Gasteiger partial charge < -0.3 is 0 Å². The quantitative estimate of drug-likeness (QED) is 0.509. The number of fused-ring (bicyclic) bond motifs is 4. The molecule has 0 amide bonds. The third-order valence-electron chi connectivity index (χ3n) is 8.04. The maximum Gasteiger partial charge on any atom is 0.0487 e. The lowest BCUT2D eigenvalue weighted by Crippen LogP contribution is -2.51. The summed E-state index contributed by atoms with van der Waals surface area (Å²) in [5.41, 5.74) is 6.69. The lowest BCUT2D eigenvalue weighted by Gasteiger charge is -2.56. The van der Waals surface area contributed by atoms with Crippen LogP contribution in [0.15, 0.2) is 42.5 Å². The Morgan fingerprint density at radius 3 is 2.75 bits per heavy atom. The van der Waals surface area contributed by atoms with Crippen molar-refractivity contribution in [3.63, 3.8) is 0 Å². The van der Waals surface area contributed by atoms with Crippen LogP contribution in [0.2, 0.25) is 5.02 Å². The molecule has 3 fully saturated rings. The molecule has 122 valence electrons. The lowest BCUT2D eigenvalue weighted by atomic mass is 9.47. The fourth-order valence-corrected chi connectivity index (χ4v) is 7.87. The van der Waals surface area contributed by atoms with Crippen molar-refractivity contribution in [2.45, 2.75) is 50.4 Å². The predicted molar refractivity (Wildman–Crippen MR) is 99.4 cm³/mol. The van der Waals surface area contributed by atoms with Crippen molar-refractivity contribution in [3.05, 3.63) is 58.6 Å². The molecule has 0 nitrogen and oxygen atoms in total. The van der Waals surface area contributed by atoms with Crippen molar-refractivity contribution in [2.24, 2.45) is 17.3 Å². The van der Waals surface area contributed by atoms with E-state index in [2.05, 4.69) is 42.5 Å². The van der Waals surface area contributed by atoms with Gasteiger partial charge in [-0.3, -0.25) is 0 Å². The van der Waals surface area contributed by atoms with Crippen molar-refractivity contribution < 1.29 is 0 Å². The van der Waals surface area contributed by atoms with Gasteiger partial charge in [-0.15, -0.1) is 0 Å². The molecule has 4 atom stereocenters. The summed E-state index contributed by atoms with van der Waals surface area (Å²) in [6.07, 6.45) is 10.0. The summed E-state index contributed by atoms with van der Waals surface area (Å²) in [7, 11) is 0. The first-order valence-corrected chi connectivity index (χ1v) is 10.0. The zero-order chi connectivity index (χ0) is 15.9. The van der Waals surface area contributed by atoms with E-state index >= 15 is 0 Å². The Morgan fingerprint density at radius 2 is 1.79 bits per heavy atom. The zero-order valence-corrected chi connectivity index (χ0v) is 14.8. The second kappa shape index (κ2) is 4.47. The van der Waals surface area contributed by atoms with E-state index in [1.807, 2.05) is 0 Å². The number of hydrogen-bond acceptors (Lipinski definition) is 0. The van der Waals surface area contributed by atoms with Gasteiger partial charge in [0.15, 0.2) is 0 Å². The normalized spacial score (nSPS) is 38.2. The van der Waals surface area contributed by atoms with Crippen molar-refractivity contribution in [1.82, 2.24) is 0 Å². The van der Waals surface area contributed by atoms with E-state index in [9.17, 15) is 0 Å². The van der Waals surface area contributed by atoms with Crippen molar-refractivity contribution in [2.75, 3.05) is 0 Å². The van der Waals surface area contributed by atoms with Crippen molar-refractivity contribution >= 4 is 11.6 Å². The first kappa shape index (κ1) is 14.0. The number of rotatable bonds is 0. The third-order valence-corrected chi connectivity index (χ3v) is 8.36. The van der Waals surface area contributed by atoms with Crippen LogP contribution in [0.25, 0.3) is 11.1 Å². The van der Waals surface area contributed by atoms with Gasteiger partial charge in [0.1, 0.15) is 0 Å². The average Bonchev–Trinajstić information content (AvgIpc) is 3.01. The largest absolute Gasteiger partial charge is 0.0837 e. The SMILES string of the molecule is Clc1cccc2c1-c1ccccc1C21C2CCC13CCCC(C2)C3. The topological polar surface area (TPSA) is 0 Å². The van der Waals surface area contributed by atoms with Crippen LogP contribution in [0.4, 0.5) is 0 Å². The highest BCUT2D eigenvalue weighted by Gasteiger charge is 2.67. The summed E-state index contributed by atoms with van der Waals surface area (Å²) in [5.74, 6) is 1.80. The standard InChI is InChI=1S/C23H23Cl/c24-20-9-3-8-19-21(20)17-6-1-2-7-18(17)23(19)16-10-12-22(23)11-4-5-15(13-16)14-22/h1-3,6-9,15-16H,4-5,10-14H2. The Kier molecular flexibility index (Phi) is 2.60. The Bertz CT molecular complexity index is 849. The fraction of sp³-hybridized carbons (Fsp3) is 0.478. The maximum absolute atomic E-state index is 6.75. The number of halogens is 1. The summed E-state index contributed by atoms with van der Waals surface area (Å²) < 4.78 is 0. The monoisotopic (exact) mass is 334 g/mol. The minimum Gasteiger partial charge on any atom is -0.0837 e. The molecule has 0 saturated heterocycles. The molecule has 4 unspecified atom stereocenters. The lowest BCUT2D eigenvalue weighted by molar-refractivity contribution is 0.0172. The van der Waals surface area contributed by atoms with Crippen LogP contribution in [0.5, 0.6) is 0 Å². The molecule has 0 radical (unpaired) electrons. The minimum atomic E-state index is 0.251.